The molecule has 1 saturated carbocycles. The molecule has 0 radical (unpaired) electrons. The third-order valence-corrected chi connectivity index (χ3v) is 4.52. The quantitative estimate of drug-likeness (QED) is 0.894. The first-order chi connectivity index (χ1) is 9.99. The SMILES string of the molecule is Cc1ncccc1N(CC1CCC(C(C)O)CC1)C(=O)O. The van der Waals surface area contributed by atoms with Crippen LogP contribution in [-0.4, -0.2) is 33.9 Å². The lowest BCUT2D eigenvalue weighted by Crippen LogP contribution is -2.37. The molecule has 0 aliphatic heterocycles. The molecule has 21 heavy (non-hydrogen) atoms. The molecule has 1 aliphatic rings. The van der Waals surface area contributed by atoms with Gasteiger partial charge in [0, 0.05) is 12.7 Å². The van der Waals surface area contributed by atoms with E-state index < -0.39 is 6.09 Å². The summed E-state index contributed by atoms with van der Waals surface area (Å²) >= 11 is 0. The van der Waals surface area contributed by atoms with Crippen LogP contribution >= 0.6 is 0 Å². The number of amides is 1. The van der Waals surface area contributed by atoms with Gasteiger partial charge in [0.1, 0.15) is 0 Å². The van der Waals surface area contributed by atoms with Crippen molar-refractivity contribution in [2.75, 3.05) is 11.4 Å². The number of pyridine rings is 1. The van der Waals surface area contributed by atoms with Crippen LogP contribution < -0.4 is 4.90 Å². The van der Waals surface area contributed by atoms with E-state index in [0.29, 0.717) is 24.1 Å². The molecule has 1 aromatic heterocycles. The Morgan fingerprint density at radius 1 is 1.43 bits per heavy atom. The van der Waals surface area contributed by atoms with E-state index in [9.17, 15) is 15.0 Å². The normalized spacial score (nSPS) is 23.6. The summed E-state index contributed by atoms with van der Waals surface area (Å²) in [5.41, 5.74) is 1.40. The number of nitrogens with zero attached hydrogens (tertiary/aromatic N) is 2. The highest BCUT2D eigenvalue weighted by atomic mass is 16.4. The van der Waals surface area contributed by atoms with Crippen LogP contribution in [0.4, 0.5) is 10.5 Å². The molecule has 0 saturated heterocycles. The minimum Gasteiger partial charge on any atom is -0.465 e. The Hall–Kier alpha value is -1.62. The predicted molar refractivity (Wildman–Crippen MR) is 81.5 cm³/mol. The van der Waals surface area contributed by atoms with E-state index in [1.165, 1.54) is 4.90 Å². The number of aromatic nitrogens is 1. The zero-order chi connectivity index (χ0) is 15.4. The van der Waals surface area contributed by atoms with E-state index in [-0.39, 0.29) is 6.10 Å². The van der Waals surface area contributed by atoms with E-state index in [1.807, 2.05) is 13.8 Å². The Balaban J connectivity index is 2.02. The predicted octanol–water partition coefficient (Wildman–Crippen LogP) is 3.06. The number of aryl methyl sites for hydroxylation is 1. The number of hydrogen-bond acceptors (Lipinski definition) is 3. The third kappa shape index (κ3) is 3.94. The second-order valence-electron chi connectivity index (χ2n) is 6.02. The molecule has 2 N–H and O–H groups in total. The second kappa shape index (κ2) is 6.89. The maximum Gasteiger partial charge on any atom is 0.411 e. The Labute approximate surface area is 125 Å². The van der Waals surface area contributed by atoms with Gasteiger partial charge in [-0.25, -0.2) is 4.79 Å². The molecule has 0 aromatic carbocycles. The number of anilines is 1. The van der Waals surface area contributed by atoms with Crippen LogP contribution in [0.5, 0.6) is 0 Å². The summed E-state index contributed by atoms with van der Waals surface area (Å²) in [6.45, 7) is 4.18. The van der Waals surface area contributed by atoms with Gasteiger partial charge in [0.25, 0.3) is 0 Å². The van der Waals surface area contributed by atoms with Crippen LogP contribution in [0.15, 0.2) is 18.3 Å². The molecule has 0 bridgehead atoms. The Bertz CT molecular complexity index is 482. The topological polar surface area (TPSA) is 73.7 Å². The summed E-state index contributed by atoms with van der Waals surface area (Å²) in [7, 11) is 0. The van der Waals surface area contributed by atoms with E-state index >= 15 is 0 Å². The standard InChI is InChI=1S/C16H24N2O3/c1-11-15(4-3-9-17-11)18(16(20)21)10-13-5-7-14(8-6-13)12(2)19/h3-4,9,12-14,19H,5-8,10H2,1-2H3,(H,20,21). The molecular weight excluding hydrogens is 268 g/mol. The lowest BCUT2D eigenvalue weighted by Gasteiger charge is -2.33. The fraction of sp³-hybridized carbons (Fsp3) is 0.625. The van der Waals surface area contributed by atoms with Crippen LogP contribution in [0.25, 0.3) is 0 Å². The van der Waals surface area contributed by atoms with Crippen molar-refractivity contribution in [3.63, 3.8) is 0 Å². The molecule has 116 valence electrons. The van der Waals surface area contributed by atoms with Gasteiger partial charge in [0.05, 0.1) is 17.5 Å². The largest absolute Gasteiger partial charge is 0.465 e. The molecule has 1 unspecified atom stereocenters. The molecule has 5 nitrogen and oxygen atoms in total. The van der Waals surface area contributed by atoms with Gasteiger partial charge in [-0.15, -0.1) is 0 Å². The first-order valence-corrected chi connectivity index (χ1v) is 7.59. The highest BCUT2D eigenvalue weighted by molar-refractivity contribution is 5.86. The van der Waals surface area contributed by atoms with Crippen molar-refractivity contribution >= 4 is 11.8 Å². The zero-order valence-corrected chi connectivity index (χ0v) is 12.7. The van der Waals surface area contributed by atoms with Crippen molar-refractivity contribution in [2.45, 2.75) is 45.6 Å². The summed E-state index contributed by atoms with van der Waals surface area (Å²) in [4.78, 5) is 17.1. The molecule has 1 amide bonds. The number of hydrogen-bond donors (Lipinski definition) is 2. The van der Waals surface area contributed by atoms with Gasteiger partial charge in [0.15, 0.2) is 0 Å². The fourth-order valence-corrected chi connectivity index (χ4v) is 3.15. The van der Waals surface area contributed by atoms with Crippen molar-refractivity contribution in [1.29, 1.82) is 0 Å². The number of rotatable bonds is 4. The highest BCUT2D eigenvalue weighted by Crippen LogP contribution is 2.32. The van der Waals surface area contributed by atoms with Crippen LogP contribution in [0.1, 0.15) is 38.3 Å². The van der Waals surface area contributed by atoms with Crippen LogP contribution in [-0.2, 0) is 0 Å². The molecule has 2 rings (SSSR count). The van der Waals surface area contributed by atoms with E-state index in [4.69, 9.17) is 0 Å². The number of carbonyl (C=O) groups is 1. The third-order valence-electron chi connectivity index (χ3n) is 4.52. The summed E-state index contributed by atoms with van der Waals surface area (Å²) < 4.78 is 0. The zero-order valence-electron chi connectivity index (χ0n) is 12.7. The fourth-order valence-electron chi connectivity index (χ4n) is 3.15. The first kappa shape index (κ1) is 15.8. The Kier molecular flexibility index (Phi) is 5.17. The minimum atomic E-state index is -0.927. The molecule has 0 spiro atoms. The highest BCUT2D eigenvalue weighted by Gasteiger charge is 2.27. The van der Waals surface area contributed by atoms with E-state index in [0.717, 1.165) is 31.4 Å². The van der Waals surface area contributed by atoms with Crippen molar-refractivity contribution in [3.05, 3.63) is 24.0 Å². The molecule has 1 atom stereocenters. The molecular formula is C16H24N2O3. The maximum absolute atomic E-state index is 11.6. The smallest absolute Gasteiger partial charge is 0.411 e. The molecule has 1 heterocycles. The first-order valence-electron chi connectivity index (χ1n) is 7.59. The van der Waals surface area contributed by atoms with Crippen molar-refractivity contribution < 1.29 is 15.0 Å². The summed E-state index contributed by atoms with van der Waals surface area (Å²) in [6, 6.07) is 3.57. The second-order valence-corrected chi connectivity index (χ2v) is 6.02. The van der Waals surface area contributed by atoms with Crippen molar-refractivity contribution in [2.24, 2.45) is 11.8 Å². The van der Waals surface area contributed by atoms with E-state index in [2.05, 4.69) is 4.98 Å². The van der Waals surface area contributed by atoms with Gasteiger partial charge in [-0.05, 0) is 63.5 Å². The summed E-state index contributed by atoms with van der Waals surface area (Å²) in [6.07, 6.45) is 4.37. The van der Waals surface area contributed by atoms with Gasteiger partial charge < -0.3 is 10.2 Å². The van der Waals surface area contributed by atoms with Crippen molar-refractivity contribution in [3.8, 4) is 0 Å². The summed E-state index contributed by atoms with van der Waals surface area (Å²) in [5.74, 6) is 0.718. The van der Waals surface area contributed by atoms with Crippen molar-refractivity contribution in [1.82, 2.24) is 4.98 Å². The van der Waals surface area contributed by atoms with Gasteiger partial charge in [0.2, 0.25) is 0 Å². The number of aliphatic hydroxyl groups is 1. The molecule has 1 aliphatic carbocycles. The van der Waals surface area contributed by atoms with Gasteiger partial charge in [-0.2, -0.15) is 0 Å². The average Bonchev–Trinajstić information content (AvgIpc) is 2.46. The maximum atomic E-state index is 11.6. The average molecular weight is 292 g/mol. The minimum absolute atomic E-state index is 0.262. The Morgan fingerprint density at radius 2 is 2.10 bits per heavy atom. The van der Waals surface area contributed by atoms with Gasteiger partial charge in [-0.1, -0.05) is 0 Å². The molecule has 1 fully saturated rings. The molecule has 1 aromatic rings. The molecule has 5 heteroatoms. The van der Waals surface area contributed by atoms with Crippen LogP contribution in [0.3, 0.4) is 0 Å². The summed E-state index contributed by atoms with van der Waals surface area (Å²) in [5, 5.41) is 19.1. The number of aliphatic hydroxyl groups excluding tert-OH is 1. The van der Waals surface area contributed by atoms with E-state index in [1.54, 1.807) is 18.3 Å². The monoisotopic (exact) mass is 292 g/mol. The lowest BCUT2D eigenvalue weighted by molar-refractivity contribution is 0.0891. The van der Waals surface area contributed by atoms with Gasteiger partial charge >= 0.3 is 6.09 Å². The Morgan fingerprint density at radius 3 is 2.62 bits per heavy atom. The van der Waals surface area contributed by atoms with Crippen LogP contribution in [0.2, 0.25) is 0 Å². The van der Waals surface area contributed by atoms with Gasteiger partial charge in [-0.3, -0.25) is 9.88 Å². The van der Waals surface area contributed by atoms with Crippen LogP contribution in [0, 0.1) is 18.8 Å². The number of carboxylic acid groups (broad SMARTS) is 1. The lowest BCUT2D eigenvalue weighted by atomic mass is 9.79.